The predicted octanol–water partition coefficient (Wildman–Crippen LogP) is 15.9. The van der Waals surface area contributed by atoms with Crippen molar-refractivity contribution in [2.24, 2.45) is 0 Å². The van der Waals surface area contributed by atoms with Crippen LogP contribution in [-0.2, 0) is 0 Å². The van der Waals surface area contributed by atoms with Crippen LogP contribution in [0, 0.1) is 0 Å². The fraction of sp³-hybridized carbons (Fsp3) is 0. The summed E-state index contributed by atoms with van der Waals surface area (Å²) in [7, 11) is 0. The first kappa shape index (κ1) is 32.4. The van der Waals surface area contributed by atoms with Gasteiger partial charge in [-0.05, 0) is 88.5 Å². The van der Waals surface area contributed by atoms with Gasteiger partial charge in [-0.2, -0.15) is 0 Å². The summed E-state index contributed by atoms with van der Waals surface area (Å²) in [5, 5.41) is 6.20. The number of nitrogens with zero attached hydrogens (tertiary/aromatic N) is 1. The largest absolute Gasteiger partial charge is 0.456 e. The lowest BCUT2D eigenvalue weighted by Gasteiger charge is -2.28. The van der Waals surface area contributed by atoms with Gasteiger partial charge in [0.05, 0.1) is 33.2 Å². The molecular formula is C54H33NO3. The van der Waals surface area contributed by atoms with Crippen molar-refractivity contribution in [3.63, 3.8) is 0 Å². The molecule has 0 fully saturated rings. The van der Waals surface area contributed by atoms with Gasteiger partial charge in [-0.1, -0.05) is 140 Å². The molecule has 0 aliphatic rings. The molecule has 0 aliphatic heterocycles. The van der Waals surface area contributed by atoms with E-state index in [9.17, 15) is 0 Å². The third-order valence-corrected chi connectivity index (χ3v) is 11.5. The molecule has 0 unspecified atom stereocenters. The third-order valence-electron chi connectivity index (χ3n) is 11.5. The molecule has 12 rings (SSSR count). The minimum Gasteiger partial charge on any atom is -0.456 e. The lowest BCUT2D eigenvalue weighted by Crippen LogP contribution is -2.11. The van der Waals surface area contributed by atoms with Crippen LogP contribution in [-0.4, -0.2) is 0 Å². The smallest absolute Gasteiger partial charge is 0.145 e. The summed E-state index contributed by atoms with van der Waals surface area (Å²) in [5.41, 5.74) is 14.4. The van der Waals surface area contributed by atoms with E-state index in [2.05, 4.69) is 175 Å². The molecule has 0 radical (unpaired) electrons. The Morgan fingerprint density at radius 3 is 1.55 bits per heavy atom. The molecule has 0 amide bonds. The standard InChI is InChI=1S/C54H33NO3/c1-4-15-34(16-5-1)37-27-28-42-49(32-37)57-50-33-38(35-17-6-2-7-18-35)31-45(52(42)50)55(43-23-14-26-48-51(43)40-21-10-12-24-46(40)56-48)44-30-29-39(36-19-8-3-9-20-36)54-53(44)41-22-11-13-25-47(41)58-54/h1-33H. The highest BCUT2D eigenvalue weighted by Crippen LogP contribution is 2.52. The Hall–Kier alpha value is -7.82. The Morgan fingerprint density at radius 1 is 0.276 bits per heavy atom. The first-order valence-electron chi connectivity index (χ1n) is 19.6. The maximum absolute atomic E-state index is 6.94. The monoisotopic (exact) mass is 743 g/mol. The van der Waals surface area contributed by atoms with E-state index in [0.29, 0.717) is 0 Å². The van der Waals surface area contributed by atoms with E-state index in [1.54, 1.807) is 0 Å². The SMILES string of the molecule is c1ccc(-c2ccc3c(c2)oc2cc(-c4ccccc4)cc(N(c4cccc5oc6ccccc6c45)c4ccc(-c5ccccc5)c5oc6ccccc6c45)c23)cc1. The van der Waals surface area contributed by atoms with Gasteiger partial charge in [0.2, 0.25) is 0 Å². The Morgan fingerprint density at radius 2 is 0.810 bits per heavy atom. The van der Waals surface area contributed by atoms with Crippen LogP contribution in [0.3, 0.4) is 0 Å². The zero-order valence-electron chi connectivity index (χ0n) is 31.2. The van der Waals surface area contributed by atoms with Crippen molar-refractivity contribution in [1.29, 1.82) is 0 Å². The molecule has 3 aromatic heterocycles. The average Bonchev–Trinajstić information content (AvgIpc) is 3.99. The van der Waals surface area contributed by atoms with Crippen LogP contribution in [0.4, 0.5) is 17.1 Å². The van der Waals surface area contributed by atoms with E-state index in [-0.39, 0.29) is 0 Å². The molecule has 0 bridgehead atoms. The van der Waals surface area contributed by atoms with Crippen molar-refractivity contribution >= 4 is 82.9 Å². The second-order valence-electron chi connectivity index (χ2n) is 14.8. The fourth-order valence-corrected chi connectivity index (χ4v) is 8.84. The van der Waals surface area contributed by atoms with E-state index in [0.717, 1.165) is 116 Å². The molecule has 58 heavy (non-hydrogen) atoms. The number of hydrogen-bond acceptors (Lipinski definition) is 4. The van der Waals surface area contributed by atoms with E-state index in [4.69, 9.17) is 13.3 Å². The van der Waals surface area contributed by atoms with Crippen LogP contribution >= 0.6 is 0 Å². The zero-order valence-corrected chi connectivity index (χ0v) is 31.2. The molecule has 0 saturated heterocycles. The number of anilines is 3. The summed E-state index contributed by atoms with van der Waals surface area (Å²) in [6.45, 7) is 0. The number of hydrogen-bond donors (Lipinski definition) is 0. The highest BCUT2D eigenvalue weighted by Gasteiger charge is 2.28. The van der Waals surface area contributed by atoms with Crippen molar-refractivity contribution < 1.29 is 13.3 Å². The Bertz CT molecular complexity index is 3500. The number of benzene rings is 9. The molecule has 0 aliphatic carbocycles. The zero-order chi connectivity index (χ0) is 38.2. The van der Waals surface area contributed by atoms with Crippen LogP contribution in [0.1, 0.15) is 0 Å². The van der Waals surface area contributed by atoms with Crippen LogP contribution < -0.4 is 4.90 Å². The summed E-state index contributed by atoms with van der Waals surface area (Å²) in [6, 6.07) is 70.1. The van der Waals surface area contributed by atoms with Gasteiger partial charge in [0.1, 0.15) is 33.5 Å². The van der Waals surface area contributed by atoms with Crippen molar-refractivity contribution in [1.82, 2.24) is 0 Å². The van der Waals surface area contributed by atoms with Gasteiger partial charge in [0.25, 0.3) is 0 Å². The van der Waals surface area contributed by atoms with E-state index in [1.165, 1.54) is 0 Å². The highest BCUT2D eigenvalue weighted by molar-refractivity contribution is 6.23. The Kier molecular flexibility index (Phi) is 7.20. The number of furan rings is 3. The minimum absolute atomic E-state index is 0.806. The second-order valence-corrected chi connectivity index (χ2v) is 14.8. The quantitative estimate of drug-likeness (QED) is 0.170. The number of rotatable bonds is 6. The van der Waals surface area contributed by atoms with Crippen molar-refractivity contribution in [3.05, 3.63) is 200 Å². The predicted molar refractivity (Wildman–Crippen MR) is 239 cm³/mol. The summed E-state index contributed by atoms with van der Waals surface area (Å²) < 4.78 is 20.4. The first-order chi connectivity index (χ1) is 28.8. The lowest BCUT2D eigenvalue weighted by molar-refractivity contribution is 0.669. The minimum atomic E-state index is 0.806. The molecule has 4 nitrogen and oxygen atoms in total. The molecule has 9 aromatic carbocycles. The molecule has 3 heterocycles. The van der Waals surface area contributed by atoms with Gasteiger partial charge in [-0.15, -0.1) is 0 Å². The lowest BCUT2D eigenvalue weighted by atomic mass is 9.97. The fourth-order valence-electron chi connectivity index (χ4n) is 8.84. The van der Waals surface area contributed by atoms with Crippen LogP contribution in [0.25, 0.3) is 99.2 Å². The van der Waals surface area contributed by atoms with E-state index in [1.807, 2.05) is 30.3 Å². The molecule has 0 atom stereocenters. The molecule has 272 valence electrons. The molecule has 0 saturated carbocycles. The van der Waals surface area contributed by atoms with Crippen molar-refractivity contribution in [2.45, 2.75) is 0 Å². The van der Waals surface area contributed by atoms with E-state index >= 15 is 0 Å². The number of para-hydroxylation sites is 2. The van der Waals surface area contributed by atoms with Crippen LogP contribution in [0.15, 0.2) is 213 Å². The second kappa shape index (κ2) is 12.9. The molecular weight excluding hydrogens is 711 g/mol. The van der Waals surface area contributed by atoms with Gasteiger partial charge in [-0.3, -0.25) is 0 Å². The Balaban J connectivity index is 1.24. The maximum atomic E-state index is 6.94. The van der Waals surface area contributed by atoms with Crippen molar-refractivity contribution in [2.75, 3.05) is 4.90 Å². The topological polar surface area (TPSA) is 42.7 Å². The van der Waals surface area contributed by atoms with Crippen molar-refractivity contribution in [3.8, 4) is 33.4 Å². The van der Waals surface area contributed by atoms with Crippen LogP contribution in [0.2, 0.25) is 0 Å². The molecule has 0 N–H and O–H groups in total. The summed E-state index contributed by atoms with van der Waals surface area (Å²) in [4.78, 5) is 2.41. The number of fused-ring (bicyclic) bond motifs is 9. The molecule has 4 heteroatoms. The van der Waals surface area contributed by atoms with Gasteiger partial charge in [-0.25, -0.2) is 0 Å². The molecule has 12 aromatic rings. The summed E-state index contributed by atoms with van der Waals surface area (Å²) in [6.07, 6.45) is 0. The third kappa shape index (κ3) is 5.02. The van der Waals surface area contributed by atoms with E-state index < -0.39 is 0 Å². The van der Waals surface area contributed by atoms with Gasteiger partial charge in [0.15, 0.2) is 0 Å². The molecule has 0 spiro atoms. The van der Waals surface area contributed by atoms with Gasteiger partial charge in [0, 0.05) is 21.7 Å². The maximum Gasteiger partial charge on any atom is 0.145 e. The summed E-state index contributed by atoms with van der Waals surface area (Å²) in [5.74, 6) is 0. The van der Waals surface area contributed by atoms with Crippen LogP contribution in [0.5, 0.6) is 0 Å². The Labute approximate surface area is 333 Å². The summed E-state index contributed by atoms with van der Waals surface area (Å²) >= 11 is 0. The first-order valence-corrected chi connectivity index (χ1v) is 19.6. The van der Waals surface area contributed by atoms with Gasteiger partial charge >= 0.3 is 0 Å². The highest BCUT2D eigenvalue weighted by atomic mass is 16.3. The average molecular weight is 744 g/mol. The van der Waals surface area contributed by atoms with Gasteiger partial charge < -0.3 is 18.2 Å². The normalized spacial score (nSPS) is 11.8.